The van der Waals surface area contributed by atoms with E-state index in [0.717, 1.165) is 28.0 Å². The summed E-state index contributed by atoms with van der Waals surface area (Å²) in [6.45, 7) is 1.47. The van der Waals surface area contributed by atoms with Gasteiger partial charge in [0.15, 0.2) is 0 Å². The Bertz CT molecular complexity index is 994. The third kappa shape index (κ3) is 2.99. The topological polar surface area (TPSA) is 68.4 Å². The van der Waals surface area contributed by atoms with Crippen molar-refractivity contribution in [3.63, 3.8) is 0 Å². The lowest BCUT2D eigenvalue weighted by Gasteiger charge is -2.01. The number of aryl methyl sites for hydroxylation is 2. The maximum absolute atomic E-state index is 11.9. The molecule has 2 aromatic carbocycles. The van der Waals surface area contributed by atoms with E-state index in [4.69, 9.17) is 0 Å². The lowest BCUT2D eigenvalue weighted by molar-refractivity contribution is -0.114. The molecule has 1 amide bonds. The minimum atomic E-state index is -0.104. The van der Waals surface area contributed by atoms with Gasteiger partial charge in [-0.25, -0.2) is 4.79 Å². The SMILES string of the molecule is CC(=O)Nc1ccc(N=Cc2ccc3c(c2)n(C)c(=O)n3C)cc1. The Morgan fingerprint density at radius 2 is 1.71 bits per heavy atom. The van der Waals surface area contributed by atoms with Crippen LogP contribution in [0.3, 0.4) is 0 Å². The molecule has 0 saturated heterocycles. The third-order valence-corrected chi connectivity index (χ3v) is 3.85. The molecule has 0 spiro atoms. The van der Waals surface area contributed by atoms with Crippen molar-refractivity contribution in [3.05, 3.63) is 58.5 Å². The molecule has 0 saturated carbocycles. The van der Waals surface area contributed by atoms with Crippen LogP contribution in [-0.2, 0) is 18.9 Å². The van der Waals surface area contributed by atoms with Gasteiger partial charge in [0.1, 0.15) is 0 Å². The van der Waals surface area contributed by atoms with Gasteiger partial charge in [-0.3, -0.25) is 18.9 Å². The number of fused-ring (bicyclic) bond motifs is 1. The fourth-order valence-electron chi connectivity index (χ4n) is 2.59. The summed E-state index contributed by atoms with van der Waals surface area (Å²) in [5.74, 6) is -0.104. The molecule has 6 nitrogen and oxygen atoms in total. The molecule has 0 aliphatic rings. The fourth-order valence-corrected chi connectivity index (χ4v) is 2.59. The number of hydrogen-bond donors (Lipinski definition) is 1. The number of aromatic nitrogens is 2. The number of imidazole rings is 1. The van der Waals surface area contributed by atoms with Gasteiger partial charge < -0.3 is 5.32 Å². The fraction of sp³-hybridized carbons (Fsp3) is 0.167. The van der Waals surface area contributed by atoms with E-state index in [1.165, 1.54) is 6.92 Å². The lowest BCUT2D eigenvalue weighted by atomic mass is 10.2. The predicted molar refractivity (Wildman–Crippen MR) is 96.2 cm³/mol. The number of amides is 1. The number of hydrogen-bond acceptors (Lipinski definition) is 3. The molecule has 0 bridgehead atoms. The number of nitrogens with zero attached hydrogens (tertiary/aromatic N) is 3. The zero-order valence-corrected chi connectivity index (χ0v) is 13.8. The van der Waals surface area contributed by atoms with E-state index in [1.54, 1.807) is 41.6 Å². The lowest BCUT2D eigenvalue weighted by Crippen LogP contribution is -2.19. The van der Waals surface area contributed by atoms with E-state index in [9.17, 15) is 9.59 Å². The number of carbonyl (C=O) groups excluding carboxylic acids is 1. The van der Waals surface area contributed by atoms with Crippen molar-refractivity contribution >= 4 is 34.5 Å². The average Bonchev–Trinajstić information content (AvgIpc) is 2.78. The maximum Gasteiger partial charge on any atom is 0.328 e. The Morgan fingerprint density at radius 1 is 1.04 bits per heavy atom. The largest absolute Gasteiger partial charge is 0.328 e. The zero-order chi connectivity index (χ0) is 17.3. The molecule has 1 N–H and O–H groups in total. The number of aliphatic imine (C=N–C) groups is 1. The molecule has 24 heavy (non-hydrogen) atoms. The van der Waals surface area contributed by atoms with Crippen molar-refractivity contribution < 1.29 is 4.79 Å². The van der Waals surface area contributed by atoms with Crippen LogP contribution in [0.15, 0.2) is 52.3 Å². The number of carbonyl (C=O) groups is 1. The minimum absolute atomic E-state index is 0.0485. The van der Waals surface area contributed by atoms with Crippen LogP contribution >= 0.6 is 0 Å². The molecular weight excluding hydrogens is 304 g/mol. The van der Waals surface area contributed by atoms with Gasteiger partial charge in [-0.2, -0.15) is 0 Å². The Labute approximate surface area is 139 Å². The highest BCUT2D eigenvalue weighted by atomic mass is 16.2. The molecule has 0 atom stereocenters. The maximum atomic E-state index is 11.9. The van der Waals surface area contributed by atoms with Gasteiger partial charge >= 0.3 is 5.69 Å². The van der Waals surface area contributed by atoms with Crippen molar-refractivity contribution in [2.24, 2.45) is 19.1 Å². The molecule has 122 valence electrons. The number of anilines is 1. The van der Waals surface area contributed by atoms with E-state index in [2.05, 4.69) is 10.3 Å². The summed E-state index contributed by atoms with van der Waals surface area (Å²) < 4.78 is 3.24. The molecule has 0 radical (unpaired) electrons. The Kier molecular flexibility index (Phi) is 4.04. The van der Waals surface area contributed by atoms with E-state index in [1.807, 2.05) is 30.3 Å². The second-order valence-electron chi connectivity index (χ2n) is 5.64. The Balaban J connectivity index is 1.86. The molecule has 0 aliphatic carbocycles. The quantitative estimate of drug-likeness (QED) is 0.753. The Hall–Kier alpha value is -3.15. The summed E-state index contributed by atoms with van der Waals surface area (Å²) in [6, 6.07) is 13.0. The minimum Gasteiger partial charge on any atom is -0.326 e. The van der Waals surface area contributed by atoms with Gasteiger partial charge in [-0.15, -0.1) is 0 Å². The molecule has 1 aromatic heterocycles. The monoisotopic (exact) mass is 322 g/mol. The summed E-state index contributed by atoms with van der Waals surface area (Å²) in [6.07, 6.45) is 1.75. The first-order valence-electron chi connectivity index (χ1n) is 7.53. The van der Waals surface area contributed by atoms with Crippen molar-refractivity contribution in [2.75, 3.05) is 5.32 Å². The molecule has 0 fully saturated rings. The molecule has 0 aliphatic heterocycles. The van der Waals surface area contributed by atoms with E-state index in [-0.39, 0.29) is 11.6 Å². The molecule has 3 aromatic rings. The van der Waals surface area contributed by atoms with Gasteiger partial charge in [0.25, 0.3) is 0 Å². The summed E-state index contributed by atoms with van der Waals surface area (Å²) in [5, 5.41) is 2.71. The molecular formula is C18H18N4O2. The second kappa shape index (κ2) is 6.16. The molecule has 3 rings (SSSR count). The van der Waals surface area contributed by atoms with Crippen LogP contribution in [-0.4, -0.2) is 21.3 Å². The van der Waals surface area contributed by atoms with Crippen LogP contribution in [0.1, 0.15) is 12.5 Å². The third-order valence-electron chi connectivity index (χ3n) is 3.85. The van der Waals surface area contributed by atoms with Crippen molar-refractivity contribution in [2.45, 2.75) is 6.92 Å². The van der Waals surface area contributed by atoms with Gasteiger partial charge in [0.2, 0.25) is 5.91 Å². The normalized spacial score (nSPS) is 11.3. The first kappa shape index (κ1) is 15.7. The molecule has 0 unspecified atom stereocenters. The highest BCUT2D eigenvalue weighted by Gasteiger charge is 2.07. The summed E-state index contributed by atoms with van der Waals surface area (Å²) in [4.78, 5) is 27.4. The van der Waals surface area contributed by atoms with Crippen LogP contribution in [0.5, 0.6) is 0 Å². The van der Waals surface area contributed by atoms with Gasteiger partial charge in [-0.1, -0.05) is 6.07 Å². The van der Waals surface area contributed by atoms with Crippen LogP contribution in [0.2, 0.25) is 0 Å². The Morgan fingerprint density at radius 3 is 2.38 bits per heavy atom. The predicted octanol–water partition coefficient (Wildman–Crippen LogP) is 2.59. The average molecular weight is 322 g/mol. The standard InChI is InChI=1S/C18H18N4O2/c1-12(23)20-15-7-5-14(6-8-15)19-11-13-4-9-16-17(10-13)22(3)18(24)21(16)2/h4-11H,1-3H3,(H,20,23). The summed E-state index contributed by atoms with van der Waals surface area (Å²) >= 11 is 0. The van der Waals surface area contributed by atoms with Crippen LogP contribution in [0.4, 0.5) is 11.4 Å². The van der Waals surface area contributed by atoms with E-state index >= 15 is 0 Å². The first-order chi connectivity index (χ1) is 11.5. The van der Waals surface area contributed by atoms with Crippen LogP contribution in [0, 0.1) is 0 Å². The number of rotatable bonds is 3. The van der Waals surface area contributed by atoms with Gasteiger partial charge in [0.05, 0.1) is 16.7 Å². The van der Waals surface area contributed by atoms with Gasteiger partial charge in [-0.05, 0) is 42.0 Å². The van der Waals surface area contributed by atoms with Crippen molar-refractivity contribution in [1.29, 1.82) is 0 Å². The number of benzene rings is 2. The van der Waals surface area contributed by atoms with Crippen molar-refractivity contribution in [1.82, 2.24) is 9.13 Å². The smallest absolute Gasteiger partial charge is 0.326 e. The van der Waals surface area contributed by atoms with E-state index in [0.29, 0.717) is 0 Å². The highest BCUT2D eigenvalue weighted by Crippen LogP contribution is 2.17. The van der Waals surface area contributed by atoms with Crippen LogP contribution in [0.25, 0.3) is 11.0 Å². The van der Waals surface area contributed by atoms with Crippen LogP contribution < -0.4 is 11.0 Å². The summed E-state index contributed by atoms with van der Waals surface area (Å²) in [5.41, 5.74) is 4.14. The molecule has 6 heteroatoms. The zero-order valence-electron chi connectivity index (χ0n) is 13.8. The number of nitrogens with one attached hydrogen (secondary N) is 1. The molecule has 1 heterocycles. The second-order valence-corrected chi connectivity index (χ2v) is 5.64. The van der Waals surface area contributed by atoms with Gasteiger partial charge in [0, 0.05) is 32.9 Å². The van der Waals surface area contributed by atoms with Crippen molar-refractivity contribution in [3.8, 4) is 0 Å². The highest BCUT2D eigenvalue weighted by molar-refractivity contribution is 5.90. The van der Waals surface area contributed by atoms with E-state index < -0.39 is 0 Å². The first-order valence-corrected chi connectivity index (χ1v) is 7.53. The summed E-state index contributed by atoms with van der Waals surface area (Å²) in [7, 11) is 3.52.